The van der Waals surface area contributed by atoms with Crippen LogP contribution >= 0.6 is 0 Å². The Hall–Kier alpha value is -2.74. The summed E-state index contributed by atoms with van der Waals surface area (Å²) >= 11 is 0. The standard InChI is InChI=1S/C24H40N4O9/c1-13(27-22(31)37-23(3,4)5)26-15-11-16(21(30)32-8)35-20(18(15)28-14(2)29)19(33-10-9-25)17-12-34-24(6,7)36-17/h11,15,17-20H,9-10,12,25H2,1-8H3,(H,28,29)(H,26,27,31)/t15-,17+,18+,19+,20+/m0/s1. The molecule has 1 fully saturated rings. The first kappa shape index (κ1) is 30.5. The Morgan fingerprint density at radius 2 is 1.95 bits per heavy atom. The minimum absolute atomic E-state index is 0.132. The van der Waals surface area contributed by atoms with Crippen molar-refractivity contribution in [1.29, 1.82) is 0 Å². The quantitative estimate of drug-likeness (QED) is 0.232. The molecule has 0 saturated carbocycles. The van der Waals surface area contributed by atoms with E-state index < -0.39 is 53.8 Å². The van der Waals surface area contributed by atoms with E-state index in [-0.39, 0.29) is 37.3 Å². The Balaban J connectivity index is 2.48. The summed E-state index contributed by atoms with van der Waals surface area (Å²) in [7, 11) is 1.22. The van der Waals surface area contributed by atoms with Gasteiger partial charge < -0.3 is 39.5 Å². The summed E-state index contributed by atoms with van der Waals surface area (Å²) in [5.74, 6) is -1.93. The number of alkyl carbamates (subject to hydrolysis) is 1. The van der Waals surface area contributed by atoms with E-state index >= 15 is 0 Å². The van der Waals surface area contributed by atoms with Gasteiger partial charge >= 0.3 is 12.1 Å². The molecule has 2 aliphatic heterocycles. The van der Waals surface area contributed by atoms with Crippen molar-refractivity contribution >= 4 is 23.8 Å². The van der Waals surface area contributed by atoms with Crippen LogP contribution in [0, 0.1) is 0 Å². The zero-order valence-electron chi connectivity index (χ0n) is 22.8. The van der Waals surface area contributed by atoms with Gasteiger partial charge in [-0.15, -0.1) is 0 Å². The lowest BCUT2D eigenvalue weighted by atomic mass is 9.92. The molecule has 37 heavy (non-hydrogen) atoms. The lowest BCUT2D eigenvalue weighted by Crippen LogP contribution is -2.60. The Morgan fingerprint density at radius 3 is 2.46 bits per heavy atom. The molecule has 1 saturated heterocycles. The topological polar surface area (TPSA) is 169 Å². The lowest BCUT2D eigenvalue weighted by Gasteiger charge is -2.41. The summed E-state index contributed by atoms with van der Waals surface area (Å²) in [5, 5.41) is 5.40. The minimum Gasteiger partial charge on any atom is -0.478 e. The fraction of sp³-hybridized carbons (Fsp3) is 0.750. The van der Waals surface area contributed by atoms with E-state index in [4.69, 9.17) is 34.2 Å². The van der Waals surface area contributed by atoms with E-state index in [9.17, 15) is 14.4 Å². The molecule has 2 rings (SSSR count). The largest absolute Gasteiger partial charge is 0.478 e. The molecular weight excluding hydrogens is 488 g/mol. The number of carbonyl (C=O) groups excluding carboxylic acids is 3. The van der Waals surface area contributed by atoms with Crippen molar-refractivity contribution in [1.82, 2.24) is 10.6 Å². The third kappa shape index (κ3) is 9.26. The molecule has 0 aromatic carbocycles. The van der Waals surface area contributed by atoms with E-state index in [1.54, 1.807) is 41.5 Å². The number of hydrogen-bond acceptors (Lipinski definition) is 11. The van der Waals surface area contributed by atoms with Gasteiger partial charge in [0.25, 0.3) is 0 Å². The predicted octanol–water partition coefficient (Wildman–Crippen LogP) is 0.754. The van der Waals surface area contributed by atoms with Crippen molar-refractivity contribution in [3.63, 3.8) is 0 Å². The summed E-state index contributed by atoms with van der Waals surface area (Å²) in [5.41, 5.74) is 4.97. The molecule has 0 aromatic rings. The zero-order valence-corrected chi connectivity index (χ0v) is 22.8. The SMILES string of the molecule is COC(=O)C1=C[C@H](N=C(C)NC(=O)OC(C)(C)C)[C@@H](NC(C)=O)[C@H]([C@H](OCCN)[C@H]2COC(C)(C)O2)O1. The molecule has 5 atom stereocenters. The summed E-state index contributed by atoms with van der Waals surface area (Å²) < 4.78 is 34.0. The molecule has 0 bridgehead atoms. The summed E-state index contributed by atoms with van der Waals surface area (Å²) in [6.45, 7) is 12.2. The van der Waals surface area contributed by atoms with Gasteiger partial charge in [0.05, 0.1) is 32.4 Å². The van der Waals surface area contributed by atoms with Gasteiger partial charge in [-0.25, -0.2) is 9.59 Å². The second kappa shape index (κ2) is 12.7. The molecule has 210 valence electrons. The lowest BCUT2D eigenvalue weighted by molar-refractivity contribution is -0.178. The number of amides is 2. The highest BCUT2D eigenvalue weighted by Crippen LogP contribution is 2.32. The van der Waals surface area contributed by atoms with Crippen LogP contribution in [0.25, 0.3) is 0 Å². The van der Waals surface area contributed by atoms with Crippen LogP contribution in [0.4, 0.5) is 4.79 Å². The number of rotatable bonds is 8. The molecule has 2 heterocycles. The van der Waals surface area contributed by atoms with E-state index in [1.807, 2.05) is 0 Å². The van der Waals surface area contributed by atoms with E-state index in [2.05, 4.69) is 15.6 Å². The van der Waals surface area contributed by atoms with Crippen molar-refractivity contribution < 1.29 is 42.8 Å². The van der Waals surface area contributed by atoms with Gasteiger partial charge in [-0.3, -0.25) is 15.1 Å². The number of amidine groups is 1. The van der Waals surface area contributed by atoms with Gasteiger partial charge in [0, 0.05) is 13.5 Å². The molecule has 2 aliphatic rings. The van der Waals surface area contributed by atoms with Crippen molar-refractivity contribution in [2.75, 3.05) is 26.9 Å². The smallest absolute Gasteiger partial charge is 0.413 e. The van der Waals surface area contributed by atoms with E-state index in [1.165, 1.54) is 20.1 Å². The maximum Gasteiger partial charge on any atom is 0.413 e. The maximum atomic E-state index is 12.5. The second-order valence-corrected chi connectivity index (χ2v) is 10.2. The third-order valence-electron chi connectivity index (χ3n) is 5.24. The number of aliphatic imine (C=N–C) groups is 1. The predicted molar refractivity (Wildman–Crippen MR) is 133 cm³/mol. The van der Waals surface area contributed by atoms with Crippen LogP contribution in [-0.4, -0.2) is 92.5 Å². The Morgan fingerprint density at radius 1 is 1.27 bits per heavy atom. The van der Waals surface area contributed by atoms with E-state index in [0.29, 0.717) is 0 Å². The van der Waals surface area contributed by atoms with Gasteiger partial charge in [0.2, 0.25) is 11.7 Å². The fourth-order valence-electron chi connectivity index (χ4n) is 3.92. The highest BCUT2D eigenvalue weighted by Gasteiger charge is 2.49. The molecule has 13 nitrogen and oxygen atoms in total. The zero-order chi connectivity index (χ0) is 28.0. The Kier molecular flexibility index (Phi) is 10.4. The molecule has 0 aliphatic carbocycles. The third-order valence-corrected chi connectivity index (χ3v) is 5.24. The van der Waals surface area contributed by atoms with Crippen LogP contribution in [0.5, 0.6) is 0 Å². The summed E-state index contributed by atoms with van der Waals surface area (Å²) in [4.78, 5) is 41.5. The number of hydrogen-bond donors (Lipinski definition) is 3. The van der Waals surface area contributed by atoms with Gasteiger partial charge in [-0.2, -0.15) is 0 Å². The number of ether oxygens (including phenoxy) is 6. The maximum absolute atomic E-state index is 12.5. The molecule has 0 spiro atoms. The fourth-order valence-corrected chi connectivity index (χ4v) is 3.92. The summed E-state index contributed by atoms with van der Waals surface area (Å²) in [6.07, 6.45) is -1.66. The van der Waals surface area contributed by atoms with Crippen molar-refractivity contribution in [3.05, 3.63) is 11.8 Å². The molecule has 4 N–H and O–H groups in total. The highest BCUT2D eigenvalue weighted by atomic mass is 16.8. The number of nitrogens with zero attached hydrogens (tertiary/aromatic N) is 1. The molecular formula is C24H40N4O9. The average molecular weight is 529 g/mol. The van der Waals surface area contributed by atoms with Gasteiger partial charge in [-0.05, 0) is 47.6 Å². The molecule has 13 heteroatoms. The van der Waals surface area contributed by atoms with Crippen molar-refractivity contribution in [2.24, 2.45) is 10.7 Å². The Bertz CT molecular complexity index is 897. The van der Waals surface area contributed by atoms with Crippen LogP contribution in [0.15, 0.2) is 16.8 Å². The average Bonchev–Trinajstić information content (AvgIpc) is 3.12. The van der Waals surface area contributed by atoms with Gasteiger partial charge in [0.15, 0.2) is 11.9 Å². The van der Waals surface area contributed by atoms with Crippen LogP contribution in [0.1, 0.15) is 48.5 Å². The van der Waals surface area contributed by atoms with Gasteiger partial charge in [0.1, 0.15) is 23.6 Å². The second-order valence-electron chi connectivity index (χ2n) is 10.2. The van der Waals surface area contributed by atoms with Crippen LogP contribution < -0.4 is 16.4 Å². The number of esters is 1. The number of carbonyl (C=O) groups is 3. The molecule has 0 unspecified atom stereocenters. The highest BCUT2D eigenvalue weighted by molar-refractivity contribution is 5.94. The Labute approximate surface area is 217 Å². The van der Waals surface area contributed by atoms with Gasteiger partial charge in [-0.1, -0.05) is 0 Å². The summed E-state index contributed by atoms with van der Waals surface area (Å²) in [6, 6.07) is -1.68. The number of nitrogens with one attached hydrogen (secondary N) is 2. The normalized spacial score (nSPS) is 26.4. The number of nitrogens with two attached hydrogens (primary N) is 1. The van der Waals surface area contributed by atoms with Crippen LogP contribution in [-0.2, 0) is 38.0 Å². The van der Waals surface area contributed by atoms with Crippen molar-refractivity contribution in [3.8, 4) is 0 Å². The number of methoxy groups -OCH3 is 1. The monoisotopic (exact) mass is 528 g/mol. The van der Waals surface area contributed by atoms with E-state index in [0.717, 1.165) is 0 Å². The first-order valence-electron chi connectivity index (χ1n) is 12.1. The molecule has 0 aromatic heterocycles. The first-order valence-corrected chi connectivity index (χ1v) is 12.1. The van der Waals surface area contributed by atoms with Crippen LogP contribution in [0.2, 0.25) is 0 Å². The first-order chi connectivity index (χ1) is 17.2. The molecule has 0 radical (unpaired) electrons. The van der Waals surface area contributed by atoms with Crippen LogP contribution in [0.3, 0.4) is 0 Å². The minimum atomic E-state index is -0.958. The van der Waals surface area contributed by atoms with Crippen molar-refractivity contribution in [2.45, 2.75) is 90.2 Å². The molecule has 2 amide bonds.